The molecule has 0 saturated carbocycles. The Bertz CT molecular complexity index is 1420. The summed E-state index contributed by atoms with van der Waals surface area (Å²) in [4.78, 5) is 10.4. The maximum Gasteiger partial charge on any atom is 0.271 e. The number of non-ortho nitro benzene ring substituents is 1. The van der Waals surface area contributed by atoms with Crippen LogP contribution in [0, 0.1) is 15.5 Å². The number of sulfonamides is 1. The lowest BCUT2D eigenvalue weighted by Gasteiger charge is -2.34. The SMILES string of the molecule is CCCCCCCCCCCCCCCCOc1cc(NS(=O)(=O)c2cc([N+](=O)[O-])ccc2OCCOC)c(O)cc1C(C)(C)CC(C)(C)C. The molecular weight excluding hydrogens is 657 g/mol. The van der Waals surface area contributed by atoms with E-state index >= 15 is 0 Å². The van der Waals surface area contributed by atoms with Gasteiger partial charge < -0.3 is 19.3 Å². The van der Waals surface area contributed by atoms with Crippen molar-refractivity contribution in [2.45, 2.75) is 148 Å². The number of methoxy groups -OCH3 is 1. The molecule has 10 nitrogen and oxygen atoms in total. The minimum atomic E-state index is -4.44. The fraction of sp³-hybridized carbons (Fsp3) is 0.692. The highest BCUT2D eigenvalue weighted by molar-refractivity contribution is 7.92. The lowest BCUT2D eigenvalue weighted by Crippen LogP contribution is -2.26. The van der Waals surface area contributed by atoms with E-state index < -0.39 is 30.9 Å². The summed E-state index contributed by atoms with van der Waals surface area (Å²) in [5.41, 5.74) is -0.152. The number of nitro groups is 1. The standard InChI is InChI=1S/C39H64N2O8S/c1-8-9-10-11-12-13-14-15-16-17-18-19-20-21-24-48-36-29-33(34(42)28-32(36)39(5,6)30-38(2,3)4)40-50(45,46)37-27-31(41(43)44)22-23-35(37)49-26-25-47-7/h22-23,27-29,40,42H,8-21,24-26,30H2,1-7H3. The van der Waals surface area contributed by atoms with Crippen LogP contribution in [-0.4, -0.2) is 45.4 Å². The summed E-state index contributed by atoms with van der Waals surface area (Å²) in [5, 5.41) is 22.6. The Morgan fingerprint density at radius 3 is 1.82 bits per heavy atom. The molecule has 0 spiro atoms. The predicted octanol–water partition coefficient (Wildman–Crippen LogP) is 10.7. The number of ether oxygens (including phenoxy) is 3. The van der Waals surface area contributed by atoms with Gasteiger partial charge in [0.25, 0.3) is 15.7 Å². The summed E-state index contributed by atoms with van der Waals surface area (Å²) in [5.74, 6) is 0.138. The number of nitrogens with zero attached hydrogens (tertiary/aromatic N) is 1. The quantitative estimate of drug-likeness (QED) is 0.0424. The highest BCUT2D eigenvalue weighted by Gasteiger charge is 2.32. The van der Waals surface area contributed by atoms with Crippen LogP contribution in [0.2, 0.25) is 0 Å². The number of benzene rings is 2. The number of hydrogen-bond donors (Lipinski definition) is 2. The number of phenols is 1. The van der Waals surface area contributed by atoms with E-state index in [-0.39, 0.29) is 35.8 Å². The van der Waals surface area contributed by atoms with E-state index in [1.807, 2.05) is 0 Å². The second-order valence-corrected chi connectivity index (χ2v) is 16.9. The third-order valence-corrected chi connectivity index (χ3v) is 10.2. The van der Waals surface area contributed by atoms with Gasteiger partial charge in [-0.2, -0.15) is 0 Å². The Balaban J connectivity index is 2.14. The van der Waals surface area contributed by atoms with Crippen LogP contribution >= 0.6 is 0 Å². The second kappa shape index (κ2) is 21.3. The number of aromatic hydroxyl groups is 1. The molecule has 0 aromatic heterocycles. The monoisotopic (exact) mass is 720 g/mol. The normalized spacial score (nSPS) is 12.2. The molecule has 2 aromatic carbocycles. The van der Waals surface area contributed by atoms with Crippen molar-refractivity contribution in [3.05, 3.63) is 46.0 Å². The number of unbranched alkanes of at least 4 members (excludes halogenated alkanes) is 13. The van der Waals surface area contributed by atoms with E-state index in [2.05, 4.69) is 46.3 Å². The van der Waals surface area contributed by atoms with Crippen molar-refractivity contribution >= 4 is 21.4 Å². The van der Waals surface area contributed by atoms with Crippen molar-refractivity contribution in [3.8, 4) is 17.2 Å². The molecule has 0 atom stereocenters. The topological polar surface area (TPSA) is 137 Å². The highest BCUT2D eigenvalue weighted by atomic mass is 32.2. The minimum absolute atomic E-state index is 0.0213. The average molecular weight is 721 g/mol. The molecule has 11 heteroatoms. The summed E-state index contributed by atoms with van der Waals surface area (Å²) in [6, 6.07) is 6.43. The molecule has 2 N–H and O–H groups in total. The number of phenolic OH excluding ortho intramolecular Hbond substituents is 1. The maximum atomic E-state index is 13.7. The van der Waals surface area contributed by atoms with Gasteiger partial charge in [-0.15, -0.1) is 0 Å². The molecule has 2 rings (SSSR count). The van der Waals surface area contributed by atoms with E-state index in [9.17, 15) is 23.6 Å². The second-order valence-electron chi connectivity index (χ2n) is 15.3. The summed E-state index contributed by atoms with van der Waals surface area (Å²) >= 11 is 0. The van der Waals surface area contributed by atoms with E-state index in [1.54, 1.807) is 6.07 Å². The number of nitro benzene ring substituents is 1. The Hall–Kier alpha value is -3.05. The smallest absolute Gasteiger partial charge is 0.271 e. The number of anilines is 1. The van der Waals surface area contributed by atoms with Crippen LogP contribution in [0.1, 0.15) is 143 Å². The zero-order valence-corrected chi connectivity index (χ0v) is 32.6. The first-order valence-electron chi connectivity index (χ1n) is 18.5. The van der Waals surface area contributed by atoms with Crippen LogP contribution in [0.5, 0.6) is 17.2 Å². The van der Waals surface area contributed by atoms with E-state index in [0.717, 1.165) is 37.3 Å². The molecule has 0 saturated heterocycles. The van der Waals surface area contributed by atoms with Crippen LogP contribution in [-0.2, 0) is 20.2 Å². The molecule has 0 fully saturated rings. The lowest BCUT2D eigenvalue weighted by molar-refractivity contribution is -0.385. The van der Waals surface area contributed by atoms with Gasteiger partial charge in [0, 0.05) is 30.9 Å². The van der Waals surface area contributed by atoms with E-state index in [0.29, 0.717) is 12.4 Å². The Morgan fingerprint density at radius 2 is 1.30 bits per heavy atom. The lowest BCUT2D eigenvalue weighted by atomic mass is 9.72. The summed E-state index contributed by atoms with van der Waals surface area (Å²) in [6.45, 7) is 13.6. The van der Waals surface area contributed by atoms with Gasteiger partial charge in [-0.1, -0.05) is 125 Å². The van der Waals surface area contributed by atoms with E-state index in [1.165, 1.54) is 95.9 Å². The zero-order valence-electron chi connectivity index (χ0n) is 31.8. The Labute approximate surface area is 301 Å². The van der Waals surface area contributed by atoms with Gasteiger partial charge in [0.2, 0.25) is 0 Å². The van der Waals surface area contributed by atoms with Gasteiger partial charge in [0.15, 0.2) is 0 Å². The van der Waals surface area contributed by atoms with Gasteiger partial charge in [0.1, 0.15) is 28.8 Å². The highest BCUT2D eigenvalue weighted by Crippen LogP contribution is 2.45. The molecule has 0 aliphatic rings. The zero-order chi connectivity index (χ0) is 37.2. The predicted molar refractivity (Wildman–Crippen MR) is 202 cm³/mol. The van der Waals surface area contributed by atoms with Crippen molar-refractivity contribution in [2.75, 3.05) is 31.7 Å². The van der Waals surface area contributed by atoms with Crippen LogP contribution in [0.4, 0.5) is 11.4 Å². The molecule has 0 amide bonds. The molecule has 0 aliphatic carbocycles. The Morgan fingerprint density at radius 1 is 0.760 bits per heavy atom. The molecule has 0 unspecified atom stereocenters. The first-order valence-corrected chi connectivity index (χ1v) is 20.0. The van der Waals surface area contributed by atoms with Gasteiger partial charge in [-0.3, -0.25) is 14.8 Å². The maximum absolute atomic E-state index is 13.7. The fourth-order valence-corrected chi connectivity index (χ4v) is 7.80. The minimum Gasteiger partial charge on any atom is -0.506 e. The van der Waals surface area contributed by atoms with Crippen molar-refractivity contribution in [3.63, 3.8) is 0 Å². The summed E-state index contributed by atoms with van der Waals surface area (Å²) in [6.07, 6.45) is 18.4. The third-order valence-electron chi connectivity index (χ3n) is 8.77. The third kappa shape index (κ3) is 15.5. The molecule has 2 aromatic rings. The van der Waals surface area contributed by atoms with Crippen molar-refractivity contribution in [1.82, 2.24) is 0 Å². The van der Waals surface area contributed by atoms with E-state index in [4.69, 9.17) is 14.2 Å². The first kappa shape index (κ1) is 43.1. The van der Waals surface area contributed by atoms with Crippen LogP contribution in [0.3, 0.4) is 0 Å². The fourth-order valence-electron chi connectivity index (χ4n) is 6.57. The van der Waals surface area contributed by atoms with Crippen molar-refractivity contribution < 1.29 is 32.7 Å². The molecular formula is C39H64N2O8S. The summed E-state index contributed by atoms with van der Waals surface area (Å²) in [7, 11) is -2.96. The van der Waals surface area contributed by atoms with Gasteiger partial charge in [-0.05, 0) is 35.8 Å². The first-order chi connectivity index (χ1) is 23.6. The van der Waals surface area contributed by atoms with Crippen LogP contribution in [0.15, 0.2) is 35.2 Å². The van der Waals surface area contributed by atoms with Gasteiger partial charge in [-0.25, -0.2) is 8.42 Å². The van der Waals surface area contributed by atoms with Crippen molar-refractivity contribution in [2.24, 2.45) is 5.41 Å². The van der Waals surface area contributed by atoms with Gasteiger partial charge >= 0.3 is 0 Å². The number of hydrogen-bond acceptors (Lipinski definition) is 8. The summed E-state index contributed by atoms with van der Waals surface area (Å²) < 4.78 is 46.7. The molecule has 0 radical (unpaired) electrons. The van der Waals surface area contributed by atoms with Crippen LogP contribution in [0.25, 0.3) is 0 Å². The van der Waals surface area contributed by atoms with Crippen LogP contribution < -0.4 is 14.2 Å². The molecule has 50 heavy (non-hydrogen) atoms. The Kier molecular flexibility index (Phi) is 18.4. The van der Waals surface area contributed by atoms with Crippen molar-refractivity contribution in [1.29, 1.82) is 0 Å². The largest absolute Gasteiger partial charge is 0.506 e. The average Bonchev–Trinajstić information content (AvgIpc) is 3.03. The molecule has 0 aliphatic heterocycles. The molecule has 284 valence electrons. The molecule has 0 heterocycles. The number of rotatable bonds is 26. The molecule has 0 bridgehead atoms. The number of nitrogens with one attached hydrogen (secondary N) is 1. The van der Waals surface area contributed by atoms with Gasteiger partial charge in [0.05, 0.1) is 23.8 Å².